The molecule has 4 N–H and O–H groups in total. The molecule has 0 radical (unpaired) electrons. The average molecular weight is 282 g/mol. The van der Waals surface area contributed by atoms with Gasteiger partial charge < -0.3 is 16.4 Å². The van der Waals surface area contributed by atoms with Crippen LogP contribution in [0.5, 0.6) is 0 Å². The van der Waals surface area contributed by atoms with E-state index in [9.17, 15) is 14.0 Å². The van der Waals surface area contributed by atoms with Crippen molar-refractivity contribution < 1.29 is 14.0 Å². The number of carbonyl (C=O) groups excluding carboxylic acids is 2. The summed E-state index contributed by atoms with van der Waals surface area (Å²) in [6.07, 6.45) is 2.56. The van der Waals surface area contributed by atoms with Gasteiger partial charge in [0.2, 0.25) is 5.91 Å². The molecule has 110 valence electrons. The standard InChI is InChI=1S/C13H19FN4O2/c1-2-5-16-12-10(7-9(14)8-18-12)13(20)17-6-3-4-11(15)19/h7-8H,2-6H2,1H3,(H2,15,19)(H,16,18)(H,17,20). The highest BCUT2D eigenvalue weighted by Crippen LogP contribution is 2.13. The molecule has 0 atom stereocenters. The number of anilines is 1. The lowest BCUT2D eigenvalue weighted by Crippen LogP contribution is -2.27. The number of nitrogens with two attached hydrogens (primary N) is 1. The van der Waals surface area contributed by atoms with Crippen LogP contribution in [0.1, 0.15) is 36.5 Å². The van der Waals surface area contributed by atoms with E-state index in [1.54, 1.807) is 0 Å². The van der Waals surface area contributed by atoms with Crippen molar-refractivity contribution in [2.75, 3.05) is 18.4 Å². The Hall–Kier alpha value is -2.18. The van der Waals surface area contributed by atoms with Crippen LogP contribution in [0, 0.1) is 5.82 Å². The van der Waals surface area contributed by atoms with E-state index in [2.05, 4.69) is 15.6 Å². The van der Waals surface area contributed by atoms with Crippen molar-refractivity contribution in [2.24, 2.45) is 5.73 Å². The maximum atomic E-state index is 13.2. The van der Waals surface area contributed by atoms with E-state index in [1.807, 2.05) is 6.92 Å². The summed E-state index contributed by atoms with van der Waals surface area (Å²) in [5.41, 5.74) is 5.15. The number of hydrogen-bond donors (Lipinski definition) is 3. The third-order valence-electron chi connectivity index (χ3n) is 2.53. The van der Waals surface area contributed by atoms with Gasteiger partial charge in [-0.1, -0.05) is 6.92 Å². The van der Waals surface area contributed by atoms with Gasteiger partial charge >= 0.3 is 0 Å². The Morgan fingerprint density at radius 1 is 1.40 bits per heavy atom. The molecule has 0 saturated heterocycles. The number of primary amides is 1. The molecule has 20 heavy (non-hydrogen) atoms. The Morgan fingerprint density at radius 2 is 2.15 bits per heavy atom. The lowest BCUT2D eigenvalue weighted by atomic mass is 10.2. The smallest absolute Gasteiger partial charge is 0.255 e. The van der Waals surface area contributed by atoms with E-state index in [4.69, 9.17) is 5.73 Å². The molecule has 2 amide bonds. The quantitative estimate of drug-likeness (QED) is 0.620. The third kappa shape index (κ3) is 5.21. The number of amides is 2. The molecular formula is C13H19FN4O2. The van der Waals surface area contributed by atoms with Crippen molar-refractivity contribution >= 4 is 17.6 Å². The first kappa shape index (κ1) is 15.9. The molecule has 1 aromatic rings. The summed E-state index contributed by atoms with van der Waals surface area (Å²) in [7, 11) is 0. The second kappa shape index (κ2) is 8.08. The summed E-state index contributed by atoms with van der Waals surface area (Å²) in [4.78, 5) is 26.4. The first-order valence-corrected chi connectivity index (χ1v) is 6.50. The molecule has 0 spiro atoms. The Labute approximate surface area is 116 Å². The van der Waals surface area contributed by atoms with Crippen LogP contribution >= 0.6 is 0 Å². The molecule has 0 unspecified atom stereocenters. The van der Waals surface area contributed by atoms with Crippen molar-refractivity contribution in [1.82, 2.24) is 10.3 Å². The number of aromatic nitrogens is 1. The number of hydrogen-bond acceptors (Lipinski definition) is 4. The van der Waals surface area contributed by atoms with Gasteiger partial charge in [0.15, 0.2) is 0 Å². The van der Waals surface area contributed by atoms with Crippen LogP contribution in [-0.2, 0) is 4.79 Å². The van der Waals surface area contributed by atoms with Crippen molar-refractivity contribution in [2.45, 2.75) is 26.2 Å². The van der Waals surface area contributed by atoms with Gasteiger partial charge in [-0.3, -0.25) is 9.59 Å². The molecular weight excluding hydrogens is 263 g/mol. The van der Waals surface area contributed by atoms with Gasteiger partial charge in [0.25, 0.3) is 5.91 Å². The molecule has 7 heteroatoms. The van der Waals surface area contributed by atoms with Crippen molar-refractivity contribution in [3.05, 3.63) is 23.6 Å². The molecule has 0 fully saturated rings. The minimum atomic E-state index is -0.575. The SMILES string of the molecule is CCCNc1ncc(F)cc1C(=O)NCCCC(N)=O. The van der Waals surface area contributed by atoms with Gasteiger partial charge in [-0.15, -0.1) is 0 Å². The van der Waals surface area contributed by atoms with E-state index in [0.717, 1.165) is 18.7 Å². The monoisotopic (exact) mass is 282 g/mol. The fraction of sp³-hybridized carbons (Fsp3) is 0.462. The van der Waals surface area contributed by atoms with Gasteiger partial charge in [0.05, 0.1) is 11.8 Å². The van der Waals surface area contributed by atoms with Crippen LogP contribution in [0.15, 0.2) is 12.3 Å². The minimum Gasteiger partial charge on any atom is -0.370 e. The van der Waals surface area contributed by atoms with E-state index in [-0.39, 0.29) is 12.0 Å². The normalized spacial score (nSPS) is 10.1. The summed E-state index contributed by atoms with van der Waals surface area (Å²) in [6.45, 7) is 2.91. The first-order chi connectivity index (χ1) is 9.54. The fourth-order valence-electron chi connectivity index (χ4n) is 1.56. The fourth-order valence-corrected chi connectivity index (χ4v) is 1.56. The van der Waals surface area contributed by atoms with Crippen LogP contribution in [0.3, 0.4) is 0 Å². The average Bonchev–Trinajstić information content (AvgIpc) is 2.41. The molecule has 1 rings (SSSR count). The highest BCUT2D eigenvalue weighted by atomic mass is 19.1. The lowest BCUT2D eigenvalue weighted by Gasteiger charge is -2.10. The van der Waals surface area contributed by atoms with E-state index < -0.39 is 17.6 Å². The van der Waals surface area contributed by atoms with E-state index >= 15 is 0 Å². The molecule has 1 heterocycles. The number of carbonyl (C=O) groups is 2. The van der Waals surface area contributed by atoms with Crippen molar-refractivity contribution in [1.29, 1.82) is 0 Å². The van der Waals surface area contributed by atoms with Gasteiger partial charge in [-0.05, 0) is 18.9 Å². The lowest BCUT2D eigenvalue weighted by molar-refractivity contribution is -0.118. The maximum absolute atomic E-state index is 13.2. The molecule has 0 aliphatic rings. The minimum absolute atomic E-state index is 0.150. The summed E-state index contributed by atoms with van der Waals surface area (Å²) >= 11 is 0. The van der Waals surface area contributed by atoms with Crippen molar-refractivity contribution in [3.8, 4) is 0 Å². The van der Waals surface area contributed by atoms with Gasteiger partial charge in [0, 0.05) is 19.5 Å². The van der Waals surface area contributed by atoms with E-state index in [0.29, 0.717) is 25.3 Å². The zero-order valence-electron chi connectivity index (χ0n) is 11.4. The highest BCUT2D eigenvalue weighted by molar-refractivity contribution is 5.98. The Morgan fingerprint density at radius 3 is 2.80 bits per heavy atom. The molecule has 0 aliphatic carbocycles. The summed E-state index contributed by atoms with van der Waals surface area (Å²) in [6, 6.07) is 1.13. The number of halogens is 1. The predicted octanol–water partition coefficient (Wildman–Crippen LogP) is 1.04. The summed E-state index contributed by atoms with van der Waals surface area (Å²) in [5.74, 6) is -1.08. The first-order valence-electron chi connectivity index (χ1n) is 6.50. The Bertz CT molecular complexity index is 479. The van der Waals surface area contributed by atoms with Crippen LogP contribution < -0.4 is 16.4 Å². The molecule has 0 bridgehead atoms. The number of nitrogens with zero attached hydrogens (tertiary/aromatic N) is 1. The van der Waals surface area contributed by atoms with Crippen LogP contribution in [0.25, 0.3) is 0 Å². The second-order valence-corrected chi connectivity index (χ2v) is 4.30. The van der Waals surface area contributed by atoms with Crippen LogP contribution in [0.2, 0.25) is 0 Å². The molecule has 0 saturated carbocycles. The van der Waals surface area contributed by atoms with Crippen LogP contribution in [-0.4, -0.2) is 29.9 Å². The molecule has 0 aliphatic heterocycles. The number of nitrogens with one attached hydrogen (secondary N) is 2. The Balaban J connectivity index is 2.65. The van der Waals surface area contributed by atoms with Gasteiger partial charge in [0.1, 0.15) is 11.6 Å². The van der Waals surface area contributed by atoms with E-state index in [1.165, 1.54) is 0 Å². The highest BCUT2D eigenvalue weighted by Gasteiger charge is 2.13. The van der Waals surface area contributed by atoms with Gasteiger partial charge in [-0.2, -0.15) is 0 Å². The second-order valence-electron chi connectivity index (χ2n) is 4.30. The zero-order valence-corrected chi connectivity index (χ0v) is 11.4. The predicted molar refractivity (Wildman–Crippen MR) is 73.7 cm³/mol. The number of pyridine rings is 1. The largest absolute Gasteiger partial charge is 0.370 e. The maximum Gasteiger partial charge on any atom is 0.255 e. The Kier molecular flexibility index (Phi) is 6.42. The number of rotatable bonds is 8. The summed E-state index contributed by atoms with van der Waals surface area (Å²) in [5, 5.41) is 5.57. The topological polar surface area (TPSA) is 97.1 Å². The molecule has 1 aromatic heterocycles. The molecule has 0 aromatic carbocycles. The summed E-state index contributed by atoms with van der Waals surface area (Å²) < 4.78 is 13.2. The van der Waals surface area contributed by atoms with Crippen molar-refractivity contribution in [3.63, 3.8) is 0 Å². The zero-order chi connectivity index (χ0) is 15.0. The third-order valence-corrected chi connectivity index (χ3v) is 2.53. The van der Waals surface area contributed by atoms with Gasteiger partial charge in [-0.25, -0.2) is 9.37 Å². The van der Waals surface area contributed by atoms with Crippen LogP contribution in [0.4, 0.5) is 10.2 Å². The molecule has 6 nitrogen and oxygen atoms in total.